The zero-order valence-corrected chi connectivity index (χ0v) is 10.2. The van der Waals surface area contributed by atoms with Crippen molar-refractivity contribution in [2.45, 2.75) is 10.9 Å². The molecule has 0 amide bonds. The Hall–Kier alpha value is -1.62. The fourth-order valence-corrected chi connectivity index (χ4v) is 2.54. The molecule has 2 aromatic rings. The summed E-state index contributed by atoms with van der Waals surface area (Å²) in [5.41, 5.74) is 1.21. The Morgan fingerprint density at radius 3 is 3.06 bits per heavy atom. The first-order valence-electron chi connectivity index (χ1n) is 5.31. The molecule has 17 heavy (non-hydrogen) atoms. The maximum Gasteiger partial charge on any atom is 0.231 e. The Morgan fingerprint density at radius 2 is 2.24 bits per heavy atom. The molecule has 2 heterocycles. The quantitative estimate of drug-likeness (QED) is 0.782. The Balaban J connectivity index is 1.72. The first-order chi connectivity index (χ1) is 8.33. The van der Waals surface area contributed by atoms with Gasteiger partial charge in [-0.1, -0.05) is 17.8 Å². The second kappa shape index (κ2) is 4.33. The van der Waals surface area contributed by atoms with Crippen molar-refractivity contribution in [1.82, 2.24) is 9.55 Å². The van der Waals surface area contributed by atoms with Gasteiger partial charge in [0.05, 0.1) is 0 Å². The van der Waals surface area contributed by atoms with E-state index in [2.05, 4.69) is 11.1 Å². The molecular formula is C12H12N2O2S. The van der Waals surface area contributed by atoms with E-state index >= 15 is 0 Å². The first-order valence-corrected chi connectivity index (χ1v) is 6.30. The lowest BCUT2D eigenvalue weighted by Gasteiger charge is -2.03. The van der Waals surface area contributed by atoms with E-state index in [1.54, 1.807) is 11.8 Å². The third kappa shape index (κ3) is 2.10. The smallest absolute Gasteiger partial charge is 0.231 e. The average molecular weight is 248 g/mol. The molecule has 0 fully saturated rings. The highest BCUT2D eigenvalue weighted by Gasteiger charge is 2.13. The van der Waals surface area contributed by atoms with Gasteiger partial charge in [0.1, 0.15) is 0 Å². The van der Waals surface area contributed by atoms with E-state index in [0.717, 1.165) is 22.4 Å². The predicted octanol–water partition coefficient (Wildman–Crippen LogP) is 2.44. The van der Waals surface area contributed by atoms with Crippen LogP contribution in [0.2, 0.25) is 0 Å². The Kier molecular flexibility index (Phi) is 2.68. The van der Waals surface area contributed by atoms with Crippen molar-refractivity contribution in [3.63, 3.8) is 0 Å². The first kappa shape index (κ1) is 10.5. The largest absolute Gasteiger partial charge is 0.454 e. The van der Waals surface area contributed by atoms with Crippen molar-refractivity contribution in [2.24, 2.45) is 7.05 Å². The van der Waals surface area contributed by atoms with Crippen molar-refractivity contribution in [3.05, 3.63) is 36.2 Å². The summed E-state index contributed by atoms with van der Waals surface area (Å²) in [6.07, 6.45) is 3.75. The lowest BCUT2D eigenvalue weighted by molar-refractivity contribution is 0.174. The summed E-state index contributed by atoms with van der Waals surface area (Å²) in [6, 6.07) is 6.04. The predicted molar refractivity (Wildman–Crippen MR) is 65.3 cm³/mol. The van der Waals surface area contributed by atoms with E-state index < -0.39 is 0 Å². The van der Waals surface area contributed by atoms with Crippen LogP contribution in [0.5, 0.6) is 11.5 Å². The highest BCUT2D eigenvalue weighted by Crippen LogP contribution is 2.34. The summed E-state index contributed by atoms with van der Waals surface area (Å²) in [5, 5.41) is 1.02. The summed E-state index contributed by atoms with van der Waals surface area (Å²) in [6.45, 7) is 0.325. The third-order valence-corrected chi connectivity index (χ3v) is 3.71. The van der Waals surface area contributed by atoms with Gasteiger partial charge in [-0.25, -0.2) is 4.98 Å². The number of thioether (sulfide) groups is 1. The van der Waals surface area contributed by atoms with Crippen molar-refractivity contribution in [1.29, 1.82) is 0 Å². The molecule has 5 heteroatoms. The van der Waals surface area contributed by atoms with Crippen LogP contribution < -0.4 is 9.47 Å². The van der Waals surface area contributed by atoms with Gasteiger partial charge in [0.25, 0.3) is 0 Å². The second-order valence-electron chi connectivity index (χ2n) is 3.80. The van der Waals surface area contributed by atoms with Crippen LogP contribution in [0.4, 0.5) is 0 Å². The van der Waals surface area contributed by atoms with Crippen molar-refractivity contribution in [3.8, 4) is 11.5 Å². The molecule has 1 aromatic carbocycles. The molecule has 0 radical (unpaired) electrons. The lowest BCUT2D eigenvalue weighted by atomic mass is 10.2. The topological polar surface area (TPSA) is 36.3 Å². The number of rotatable bonds is 3. The number of fused-ring (bicyclic) bond motifs is 1. The SMILES string of the molecule is Cn1ccnc1SCc1ccc2c(c1)OCO2. The number of ether oxygens (including phenoxy) is 2. The summed E-state index contributed by atoms with van der Waals surface area (Å²) in [4.78, 5) is 4.27. The van der Waals surface area contributed by atoms with Crippen LogP contribution >= 0.6 is 11.8 Å². The summed E-state index contributed by atoms with van der Waals surface area (Å²) < 4.78 is 12.6. The maximum atomic E-state index is 5.35. The zero-order chi connectivity index (χ0) is 11.7. The molecule has 0 unspecified atom stereocenters. The van der Waals surface area contributed by atoms with Crippen molar-refractivity contribution < 1.29 is 9.47 Å². The lowest BCUT2D eigenvalue weighted by Crippen LogP contribution is -1.93. The van der Waals surface area contributed by atoms with Gasteiger partial charge in [-0.2, -0.15) is 0 Å². The molecule has 88 valence electrons. The van der Waals surface area contributed by atoms with Gasteiger partial charge in [-0.15, -0.1) is 0 Å². The van der Waals surface area contributed by atoms with Gasteiger partial charge in [-0.3, -0.25) is 0 Å². The summed E-state index contributed by atoms with van der Waals surface area (Å²) in [5.74, 6) is 2.54. The number of imidazole rings is 1. The minimum Gasteiger partial charge on any atom is -0.454 e. The molecule has 1 aliphatic rings. The molecule has 0 bridgehead atoms. The van der Waals surface area contributed by atoms with Crippen LogP contribution in [0.15, 0.2) is 35.7 Å². The van der Waals surface area contributed by atoms with Crippen LogP contribution in [0.25, 0.3) is 0 Å². The van der Waals surface area contributed by atoms with Gasteiger partial charge in [0.15, 0.2) is 16.7 Å². The number of benzene rings is 1. The molecule has 1 aliphatic heterocycles. The van der Waals surface area contributed by atoms with Crippen molar-refractivity contribution in [2.75, 3.05) is 6.79 Å². The summed E-state index contributed by atoms with van der Waals surface area (Å²) in [7, 11) is 2.00. The number of hydrogen-bond donors (Lipinski definition) is 0. The molecule has 3 rings (SSSR count). The molecule has 4 nitrogen and oxygen atoms in total. The van der Waals surface area contributed by atoms with E-state index in [1.807, 2.05) is 36.1 Å². The van der Waals surface area contributed by atoms with Gasteiger partial charge in [0, 0.05) is 25.2 Å². The molecule has 1 aromatic heterocycles. The fraction of sp³-hybridized carbons (Fsp3) is 0.250. The van der Waals surface area contributed by atoms with Gasteiger partial charge >= 0.3 is 0 Å². The molecule has 0 saturated heterocycles. The van der Waals surface area contributed by atoms with Gasteiger partial charge < -0.3 is 14.0 Å². The highest BCUT2D eigenvalue weighted by atomic mass is 32.2. The van der Waals surface area contributed by atoms with E-state index in [4.69, 9.17) is 9.47 Å². The van der Waals surface area contributed by atoms with Crippen LogP contribution in [0, 0.1) is 0 Å². The normalized spacial score (nSPS) is 13.0. The van der Waals surface area contributed by atoms with E-state index in [-0.39, 0.29) is 0 Å². The Labute approximate surface area is 104 Å². The fourth-order valence-electron chi connectivity index (χ4n) is 1.67. The monoisotopic (exact) mass is 248 g/mol. The number of hydrogen-bond acceptors (Lipinski definition) is 4. The molecule has 0 saturated carbocycles. The molecule has 0 atom stereocenters. The average Bonchev–Trinajstić information content (AvgIpc) is 2.94. The number of nitrogens with zero attached hydrogens (tertiary/aromatic N) is 2. The van der Waals surface area contributed by atoms with Gasteiger partial charge in [0.2, 0.25) is 6.79 Å². The van der Waals surface area contributed by atoms with Crippen LogP contribution in [0.1, 0.15) is 5.56 Å². The Bertz CT molecular complexity index is 539. The minimum absolute atomic E-state index is 0.325. The standard InChI is InChI=1S/C12H12N2O2S/c1-14-5-4-13-12(14)17-7-9-2-3-10-11(6-9)16-8-15-10/h2-6H,7-8H2,1H3. The van der Waals surface area contributed by atoms with E-state index in [1.165, 1.54) is 5.56 Å². The zero-order valence-electron chi connectivity index (χ0n) is 9.42. The maximum absolute atomic E-state index is 5.35. The third-order valence-electron chi connectivity index (χ3n) is 2.58. The van der Waals surface area contributed by atoms with Crippen LogP contribution in [0.3, 0.4) is 0 Å². The van der Waals surface area contributed by atoms with Crippen LogP contribution in [-0.4, -0.2) is 16.3 Å². The van der Waals surface area contributed by atoms with Gasteiger partial charge in [-0.05, 0) is 17.7 Å². The molecule has 0 N–H and O–H groups in total. The van der Waals surface area contributed by atoms with E-state index in [9.17, 15) is 0 Å². The number of aromatic nitrogens is 2. The highest BCUT2D eigenvalue weighted by molar-refractivity contribution is 7.98. The molecule has 0 aliphatic carbocycles. The summed E-state index contributed by atoms with van der Waals surface area (Å²) >= 11 is 1.71. The Morgan fingerprint density at radius 1 is 1.35 bits per heavy atom. The number of aryl methyl sites for hydroxylation is 1. The molecule has 0 spiro atoms. The molecular weight excluding hydrogens is 236 g/mol. The minimum atomic E-state index is 0.325. The van der Waals surface area contributed by atoms with Crippen molar-refractivity contribution >= 4 is 11.8 Å². The second-order valence-corrected chi connectivity index (χ2v) is 4.74. The van der Waals surface area contributed by atoms with E-state index in [0.29, 0.717) is 6.79 Å². The van der Waals surface area contributed by atoms with Crippen LogP contribution in [-0.2, 0) is 12.8 Å².